The quantitative estimate of drug-likeness (QED) is 0.757. The molecule has 1 fully saturated rings. The van der Waals surface area contributed by atoms with Crippen molar-refractivity contribution in [2.75, 3.05) is 13.1 Å². The van der Waals surface area contributed by atoms with Gasteiger partial charge in [0, 0.05) is 6.54 Å². The van der Waals surface area contributed by atoms with Crippen LogP contribution in [-0.2, 0) is 6.54 Å². The van der Waals surface area contributed by atoms with E-state index in [1.807, 2.05) is 0 Å². The molecule has 1 aliphatic rings. The molecule has 0 atom stereocenters. The van der Waals surface area contributed by atoms with E-state index >= 15 is 0 Å². The van der Waals surface area contributed by atoms with Gasteiger partial charge in [-0.1, -0.05) is 43.5 Å². The summed E-state index contributed by atoms with van der Waals surface area (Å²) in [5.74, 6) is 0.818. The highest BCUT2D eigenvalue weighted by Crippen LogP contribution is 2.32. The first-order valence-corrected chi connectivity index (χ1v) is 7.40. The monoisotopic (exact) mass is 246 g/mol. The first kappa shape index (κ1) is 13.6. The third kappa shape index (κ3) is 4.11. The summed E-state index contributed by atoms with van der Waals surface area (Å²) in [5, 5.41) is 3.42. The van der Waals surface area contributed by atoms with Gasteiger partial charge in [-0.3, -0.25) is 0 Å². The van der Waals surface area contributed by atoms with Gasteiger partial charge >= 0.3 is 0 Å². The van der Waals surface area contributed by atoms with Crippen LogP contribution in [0.2, 0.25) is 0 Å². The van der Waals surface area contributed by atoms with Crippen LogP contribution in [0.5, 0.6) is 0 Å². The Labute approximate surface area is 111 Å². The summed E-state index contributed by atoms with van der Waals surface area (Å²) in [6.07, 6.45) is 8.07. The van der Waals surface area contributed by atoms with Crippen LogP contribution in [0.25, 0.3) is 0 Å². The second kappa shape index (κ2) is 7.55. The Morgan fingerprint density at radius 2 is 1.78 bits per heavy atom. The van der Waals surface area contributed by atoms with E-state index in [1.165, 1.54) is 37.7 Å². The molecule has 0 unspecified atom stereocenters. The normalized spacial score (nSPS) is 16.9. The minimum atomic E-state index is 0.771. The minimum Gasteiger partial charge on any atom is -0.330 e. The maximum Gasteiger partial charge on any atom is 0.0205 e. The van der Waals surface area contributed by atoms with Crippen LogP contribution >= 0.6 is 0 Å². The Hall–Kier alpha value is -0.860. The van der Waals surface area contributed by atoms with Gasteiger partial charge in [0.2, 0.25) is 0 Å². The number of nitrogens with two attached hydrogens (primary N) is 1. The fourth-order valence-corrected chi connectivity index (χ4v) is 2.80. The van der Waals surface area contributed by atoms with E-state index in [-0.39, 0.29) is 0 Å². The summed E-state index contributed by atoms with van der Waals surface area (Å²) in [7, 11) is 0. The van der Waals surface area contributed by atoms with Crippen molar-refractivity contribution in [1.82, 2.24) is 5.32 Å². The smallest absolute Gasteiger partial charge is 0.0205 e. The molecule has 2 heteroatoms. The Morgan fingerprint density at radius 1 is 1.06 bits per heavy atom. The molecule has 0 amide bonds. The van der Waals surface area contributed by atoms with E-state index in [9.17, 15) is 0 Å². The van der Waals surface area contributed by atoms with E-state index in [0.29, 0.717) is 0 Å². The molecule has 100 valence electrons. The second-order valence-electron chi connectivity index (χ2n) is 5.40. The lowest BCUT2D eigenvalue weighted by molar-refractivity contribution is 0.443. The molecule has 0 aromatic heterocycles. The predicted molar refractivity (Wildman–Crippen MR) is 77.6 cm³/mol. The van der Waals surface area contributed by atoms with Gasteiger partial charge in [0.25, 0.3) is 0 Å². The van der Waals surface area contributed by atoms with Gasteiger partial charge in [0.1, 0.15) is 0 Å². The van der Waals surface area contributed by atoms with Gasteiger partial charge in [-0.25, -0.2) is 0 Å². The summed E-state index contributed by atoms with van der Waals surface area (Å²) in [5.41, 5.74) is 8.39. The van der Waals surface area contributed by atoms with Crippen molar-refractivity contribution in [1.29, 1.82) is 0 Å². The van der Waals surface area contributed by atoms with Crippen molar-refractivity contribution in [3.05, 3.63) is 35.4 Å². The maximum absolute atomic E-state index is 5.47. The summed E-state index contributed by atoms with van der Waals surface area (Å²) in [6, 6.07) is 9.21. The number of benzene rings is 1. The summed E-state index contributed by atoms with van der Waals surface area (Å²) in [6.45, 7) is 2.75. The van der Waals surface area contributed by atoms with Crippen LogP contribution in [0, 0.1) is 0 Å². The fraction of sp³-hybridized carbons (Fsp3) is 0.625. The van der Waals surface area contributed by atoms with Crippen molar-refractivity contribution >= 4 is 0 Å². The molecule has 1 aromatic rings. The SMILES string of the molecule is NCCCNCc1ccc(C2CCCCC2)cc1. The molecule has 0 spiro atoms. The molecule has 1 saturated carbocycles. The number of rotatable bonds is 6. The van der Waals surface area contributed by atoms with Crippen molar-refractivity contribution in [2.24, 2.45) is 5.73 Å². The van der Waals surface area contributed by atoms with Crippen LogP contribution < -0.4 is 11.1 Å². The predicted octanol–water partition coefficient (Wildman–Crippen LogP) is 3.17. The molecule has 18 heavy (non-hydrogen) atoms. The zero-order chi connectivity index (χ0) is 12.6. The van der Waals surface area contributed by atoms with E-state index in [2.05, 4.69) is 29.6 Å². The van der Waals surface area contributed by atoms with Crippen LogP contribution in [-0.4, -0.2) is 13.1 Å². The molecular weight excluding hydrogens is 220 g/mol. The van der Waals surface area contributed by atoms with E-state index in [0.717, 1.165) is 32.0 Å². The Morgan fingerprint density at radius 3 is 2.44 bits per heavy atom. The van der Waals surface area contributed by atoms with Crippen LogP contribution in [0.15, 0.2) is 24.3 Å². The average molecular weight is 246 g/mol. The molecular formula is C16H26N2. The van der Waals surface area contributed by atoms with Gasteiger partial charge in [-0.2, -0.15) is 0 Å². The van der Waals surface area contributed by atoms with Gasteiger partial charge < -0.3 is 11.1 Å². The van der Waals surface area contributed by atoms with Crippen LogP contribution in [0.3, 0.4) is 0 Å². The molecule has 0 radical (unpaired) electrons. The molecule has 0 bridgehead atoms. The molecule has 1 aliphatic carbocycles. The zero-order valence-corrected chi connectivity index (χ0v) is 11.3. The molecule has 1 aromatic carbocycles. The molecule has 2 nitrogen and oxygen atoms in total. The number of hydrogen-bond donors (Lipinski definition) is 2. The zero-order valence-electron chi connectivity index (χ0n) is 11.3. The van der Waals surface area contributed by atoms with E-state index < -0.39 is 0 Å². The molecule has 0 aliphatic heterocycles. The number of hydrogen-bond acceptors (Lipinski definition) is 2. The third-order valence-electron chi connectivity index (χ3n) is 3.94. The van der Waals surface area contributed by atoms with Crippen LogP contribution in [0.1, 0.15) is 55.6 Å². The van der Waals surface area contributed by atoms with Crippen LogP contribution in [0.4, 0.5) is 0 Å². The molecule has 3 N–H and O–H groups in total. The van der Waals surface area contributed by atoms with Crippen molar-refractivity contribution < 1.29 is 0 Å². The minimum absolute atomic E-state index is 0.771. The third-order valence-corrected chi connectivity index (χ3v) is 3.94. The number of nitrogens with one attached hydrogen (secondary N) is 1. The highest BCUT2D eigenvalue weighted by atomic mass is 14.8. The maximum atomic E-state index is 5.47. The molecule has 0 saturated heterocycles. The average Bonchev–Trinajstić information content (AvgIpc) is 2.45. The van der Waals surface area contributed by atoms with Gasteiger partial charge in [-0.05, 0) is 49.4 Å². The summed E-state index contributed by atoms with van der Waals surface area (Å²) >= 11 is 0. The Bertz CT molecular complexity index is 325. The first-order valence-electron chi connectivity index (χ1n) is 7.40. The summed E-state index contributed by atoms with van der Waals surface area (Å²) in [4.78, 5) is 0. The molecule has 2 rings (SSSR count). The van der Waals surface area contributed by atoms with Gasteiger partial charge in [0.05, 0.1) is 0 Å². The van der Waals surface area contributed by atoms with Crippen molar-refractivity contribution in [3.63, 3.8) is 0 Å². The lowest BCUT2D eigenvalue weighted by Gasteiger charge is -2.22. The van der Waals surface area contributed by atoms with Gasteiger partial charge in [-0.15, -0.1) is 0 Å². The van der Waals surface area contributed by atoms with Crippen molar-refractivity contribution in [2.45, 2.75) is 51.0 Å². The van der Waals surface area contributed by atoms with E-state index in [1.54, 1.807) is 5.56 Å². The highest BCUT2D eigenvalue weighted by molar-refractivity contribution is 5.25. The Balaban J connectivity index is 1.81. The fourth-order valence-electron chi connectivity index (χ4n) is 2.80. The largest absolute Gasteiger partial charge is 0.330 e. The first-order chi connectivity index (χ1) is 8.90. The Kier molecular flexibility index (Phi) is 5.69. The lowest BCUT2D eigenvalue weighted by Crippen LogP contribution is -2.17. The lowest BCUT2D eigenvalue weighted by atomic mass is 9.84. The highest BCUT2D eigenvalue weighted by Gasteiger charge is 2.14. The molecule has 0 heterocycles. The topological polar surface area (TPSA) is 38.0 Å². The summed E-state index contributed by atoms with van der Waals surface area (Å²) < 4.78 is 0. The van der Waals surface area contributed by atoms with Crippen molar-refractivity contribution in [3.8, 4) is 0 Å². The standard InChI is InChI=1S/C16H26N2/c17-11-4-12-18-13-14-7-9-16(10-8-14)15-5-2-1-3-6-15/h7-10,15,18H,1-6,11-13,17H2. The van der Waals surface area contributed by atoms with E-state index in [4.69, 9.17) is 5.73 Å². The second-order valence-corrected chi connectivity index (χ2v) is 5.40. The van der Waals surface area contributed by atoms with Gasteiger partial charge in [0.15, 0.2) is 0 Å².